The van der Waals surface area contributed by atoms with E-state index in [1.807, 2.05) is 27.7 Å². The maximum atomic E-state index is 13.3. The standard InChI is InChI=1S/C20H26ClFN4O2S/c1-12(2)8-23-19(27)17-11-29-18(25-17)10-26(9-13(3)4)20(28)24-14-5-6-16(22)15(21)7-14/h5-7,11-13H,8-10H2,1-4H3,(H,23,27)(H,24,28). The SMILES string of the molecule is CC(C)CNC(=O)c1csc(CN(CC(C)C)C(=O)Nc2ccc(F)c(Cl)c2)n1. The van der Waals surface area contributed by atoms with E-state index in [9.17, 15) is 14.0 Å². The van der Waals surface area contributed by atoms with E-state index in [4.69, 9.17) is 11.6 Å². The zero-order chi connectivity index (χ0) is 21.6. The highest BCUT2D eigenvalue weighted by molar-refractivity contribution is 7.09. The van der Waals surface area contributed by atoms with Crippen LogP contribution in [0.4, 0.5) is 14.9 Å². The molecular formula is C20H26ClFN4O2S. The van der Waals surface area contributed by atoms with Gasteiger partial charge in [-0.05, 0) is 30.0 Å². The topological polar surface area (TPSA) is 74.3 Å². The summed E-state index contributed by atoms with van der Waals surface area (Å²) >= 11 is 7.11. The fourth-order valence-corrected chi connectivity index (χ4v) is 3.44. The maximum Gasteiger partial charge on any atom is 0.322 e. The Morgan fingerprint density at radius 3 is 2.59 bits per heavy atom. The van der Waals surface area contributed by atoms with Crippen molar-refractivity contribution in [1.29, 1.82) is 0 Å². The summed E-state index contributed by atoms with van der Waals surface area (Å²) in [7, 11) is 0. The van der Waals surface area contributed by atoms with Crippen LogP contribution in [0, 0.1) is 17.7 Å². The molecule has 0 saturated carbocycles. The van der Waals surface area contributed by atoms with E-state index in [1.165, 1.54) is 29.5 Å². The van der Waals surface area contributed by atoms with Crippen molar-refractivity contribution in [3.63, 3.8) is 0 Å². The lowest BCUT2D eigenvalue weighted by atomic mass is 10.2. The smallest absolute Gasteiger partial charge is 0.322 e. The normalized spacial score (nSPS) is 11.0. The van der Waals surface area contributed by atoms with Gasteiger partial charge in [-0.3, -0.25) is 4.79 Å². The maximum absolute atomic E-state index is 13.3. The van der Waals surface area contributed by atoms with Gasteiger partial charge in [0.15, 0.2) is 0 Å². The third-order valence-electron chi connectivity index (χ3n) is 3.82. The second-order valence-electron chi connectivity index (χ2n) is 7.56. The second kappa shape index (κ2) is 10.5. The van der Waals surface area contributed by atoms with E-state index in [2.05, 4.69) is 15.6 Å². The lowest BCUT2D eigenvalue weighted by molar-refractivity contribution is 0.0944. The minimum Gasteiger partial charge on any atom is -0.350 e. The van der Waals surface area contributed by atoms with Crippen molar-refractivity contribution < 1.29 is 14.0 Å². The van der Waals surface area contributed by atoms with Gasteiger partial charge in [-0.15, -0.1) is 11.3 Å². The Hall–Kier alpha value is -2.19. The quantitative estimate of drug-likeness (QED) is 0.605. The first-order chi connectivity index (χ1) is 13.7. The molecule has 158 valence electrons. The summed E-state index contributed by atoms with van der Waals surface area (Å²) in [6, 6.07) is 3.67. The molecule has 0 radical (unpaired) electrons. The molecule has 6 nitrogen and oxygen atoms in total. The van der Waals surface area contributed by atoms with Crippen molar-refractivity contribution in [2.75, 3.05) is 18.4 Å². The third-order valence-corrected chi connectivity index (χ3v) is 4.95. The Bertz CT molecular complexity index is 857. The highest BCUT2D eigenvalue weighted by Crippen LogP contribution is 2.20. The zero-order valence-electron chi connectivity index (χ0n) is 17.0. The highest BCUT2D eigenvalue weighted by atomic mass is 35.5. The van der Waals surface area contributed by atoms with E-state index in [0.29, 0.717) is 35.4 Å². The van der Waals surface area contributed by atoms with Crippen LogP contribution >= 0.6 is 22.9 Å². The molecule has 0 fully saturated rings. The van der Waals surface area contributed by atoms with Gasteiger partial charge in [-0.2, -0.15) is 0 Å². The van der Waals surface area contributed by atoms with Crippen LogP contribution in [0.1, 0.15) is 43.2 Å². The molecule has 2 rings (SSSR count). The molecule has 1 aromatic heterocycles. The van der Waals surface area contributed by atoms with Gasteiger partial charge in [0.25, 0.3) is 5.91 Å². The van der Waals surface area contributed by atoms with Gasteiger partial charge >= 0.3 is 6.03 Å². The number of carbonyl (C=O) groups is 2. The van der Waals surface area contributed by atoms with Gasteiger partial charge in [0, 0.05) is 24.2 Å². The summed E-state index contributed by atoms with van der Waals surface area (Å²) < 4.78 is 13.3. The number of amides is 3. The number of halogens is 2. The van der Waals surface area contributed by atoms with Crippen LogP contribution < -0.4 is 10.6 Å². The molecule has 1 aromatic carbocycles. The molecular weight excluding hydrogens is 415 g/mol. The molecule has 0 atom stereocenters. The van der Waals surface area contributed by atoms with Crippen molar-refractivity contribution in [1.82, 2.24) is 15.2 Å². The summed E-state index contributed by atoms with van der Waals surface area (Å²) in [6.45, 7) is 9.38. The molecule has 2 N–H and O–H groups in total. The van der Waals surface area contributed by atoms with Gasteiger partial charge in [-0.25, -0.2) is 14.2 Å². The van der Waals surface area contributed by atoms with Crippen LogP contribution in [0.15, 0.2) is 23.6 Å². The van der Waals surface area contributed by atoms with Crippen LogP contribution in [-0.4, -0.2) is 34.9 Å². The van der Waals surface area contributed by atoms with Gasteiger partial charge in [0.05, 0.1) is 11.6 Å². The fourth-order valence-electron chi connectivity index (χ4n) is 2.47. The van der Waals surface area contributed by atoms with Crippen molar-refractivity contribution in [2.24, 2.45) is 11.8 Å². The molecule has 0 saturated heterocycles. The first kappa shape index (κ1) is 23.1. The summed E-state index contributed by atoms with van der Waals surface area (Å²) in [5.74, 6) is -0.189. The second-order valence-corrected chi connectivity index (χ2v) is 8.91. The number of nitrogens with zero attached hydrogens (tertiary/aromatic N) is 2. The third kappa shape index (κ3) is 7.29. The lowest BCUT2D eigenvalue weighted by Gasteiger charge is -2.24. The summed E-state index contributed by atoms with van der Waals surface area (Å²) in [6.07, 6.45) is 0. The first-order valence-electron chi connectivity index (χ1n) is 9.39. The van der Waals surface area contributed by atoms with E-state index in [-0.39, 0.29) is 29.4 Å². The Balaban J connectivity index is 2.07. The largest absolute Gasteiger partial charge is 0.350 e. The molecule has 9 heteroatoms. The van der Waals surface area contributed by atoms with Gasteiger partial charge in [0.2, 0.25) is 0 Å². The van der Waals surface area contributed by atoms with Gasteiger partial charge in [0.1, 0.15) is 16.5 Å². The highest BCUT2D eigenvalue weighted by Gasteiger charge is 2.19. The Morgan fingerprint density at radius 2 is 1.97 bits per heavy atom. The lowest BCUT2D eigenvalue weighted by Crippen LogP contribution is -2.37. The van der Waals surface area contributed by atoms with Crippen LogP contribution in [0.25, 0.3) is 0 Å². The molecule has 2 aromatic rings. The van der Waals surface area contributed by atoms with Crippen LogP contribution in [-0.2, 0) is 6.54 Å². The van der Waals surface area contributed by atoms with E-state index >= 15 is 0 Å². The summed E-state index contributed by atoms with van der Waals surface area (Å²) in [5.41, 5.74) is 0.754. The number of nitrogens with one attached hydrogen (secondary N) is 2. The molecule has 0 aliphatic carbocycles. The van der Waals surface area contributed by atoms with Crippen molar-refractivity contribution in [3.05, 3.63) is 45.1 Å². The number of rotatable bonds is 8. The van der Waals surface area contributed by atoms with Crippen LogP contribution in [0.3, 0.4) is 0 Å². The Labute approximate surface area is 179 Å². The van der Waals surface area contributed by atoms with Crippen molar-refractivity contribution in [3.8, 4) is 0 Å². The molecule has 0 unspecified atom stereocenters. The number of urea groups is 1. The number of hydrogen-bond acceptors (Lipinski definition) is 4. The number of hydrogen-bond donors (Lipinski definition) is 2. The molecule has 0 spiro atoms. The Kier molecular flexibility index (Phi) is 8.40. The molecule has 0 aliphatic heterocycles. The summed E-state index contributed by atoms with van der Waals surface area (Å²) in [4.78, 5) is 30.9. The summed E-state index contributed by atoms with van der Waals surface area (Å²) in [5, 5.41) is 7.85. The van der Waals surface area contributed by atoms with Crippen molar-refractivity contribution >= 4 is 40.6 Å². The van der Waals surface area contributed by atoms with E-state index in [0.717, 1.165) is 0 Å². The monoisotopic (exact) mass is 440 g/mol. The van der Waals surface area contributed by atoms with Gasteiger partial charge in [-0.1, -0.05) is 39.3 Å². The Morgan fingerprint density at radius 1 is 1.24 bits per heavy atom. The zero-order valence-corrected chi connectivity index (χ0v) is 18.5. The molecule has 3 amide bonds. The predicted octanol–water partition coefficient (Wildman–Crippen LogP) is 5.01. The molecule has 29 heavy (non-hydrogen) atoms. The van der Waals surface area contributed by atoms with Crippen LogP contribution in [0.2, 0.25) is 5.02 Å². The molecule has 1 heterocycles. The predicted molar refractivity (Wildman–Crippen MR) is 115 cm³/mol. The molecule has 0 aliphatic rings. The minimum atomic E-state index is -0.547. The average Bonchev–Trinajstić information content (AvgIpc) is 3.10. The average molecular weight is 441 g/mol. The van der Waals surface area contributed by atoms with E-state index in [1.54, 1.807) is 10.3 Å². The number of thiazole rings is 1. The first-order valence-corrected chi connectivity index (χ1v) is 10.6. The number of carbonyl (C=O) groups excluding carboxylic acids is 2. The number of anilines is 1. The minimum absolute atomic E-state index is 0.0600. The van der Waals surface area contributed by atoms with Crippen molar-refractivity contribution in [2.45, 2.75) is 34.2 Å². The number of benzene rings is 1. The van der Waals surface area contributed by atoms with Gasteiger partial charge < -0.3 is 15.5 Å². The number of aromatic nitrogens is 1. The molecule has 0 bridgehead atoms. The van der Waals surface area contributed by atoms with E-state index < -0.39 is 5.82 Å². The fraction of sp³-hybridized carbons (Fsp3) is 0.450. The van der Waals surface area contributed by atoms with Crippen LogP contribution in [0.5, 0.6) is 0 Å².